The van der Waals surface area contributed by atoms with E-state index in [1.807, 2.05) is 12.1 Å². The summed E-state index contributed by atoms with van der Waals surface area (Å²) >= 11 is 0. The van der Waals surface area contributed by atoms with Gasteiger partial charge in [-0.2, -0.15) is 4.98 Å². The maximum Gasteiger partial charge on any atom is 0.352 e. The summed E-state index contributed by atoms with van der Waals surface area (Å²) in [5.41, 5.74) is 1.49. The standard InChI is InChI=1S/C19H23N7O4/c27-11-14(28)10-25-3-5-26(6-4-25)13-1-2-16(20-9-13)23-19-21-8-12-7-15(18(29)30)22-17(12)24-19/h1-2,7-9,14,27-28H,3-6,10-11H2,(H,29,30)(H2,20,21,22,23,24). The molecule has 3 aromatic rings. The van der Waals surface area contributed by atoms with Crippen LogP contribution in [0.2, 0.25) is 0 Å². The molecule has 0 bridgehead atoms. The molecule has 158 valence electrons. The van der Waals surface area contributed by atoms with Crippen molar-refractivity contribution in [3.63, 3.8) is 0 Å². The van der Waals surface area contributed by atoms with E-state index in [0.717, 1.165) is 31.9 Å². The van der Waals surface area contributed by atoms with Crippen molar-refractivity contribution in [2.24, 2.45) is 0 Å². The molecule has 30 heavy (non-hydrogen) atoms. The Bertz CT molecular complexity index is 1020. The Morgan fingerprint density at radius 2 is 2.00 bits per heavy atom. The number of nitrogens with zero attached hydrogens (tertiary/aromatic N) is 5. The lowest BCUT2D eigenvalue weighted by atomic mass is 10.2. The highest BCUT2D eigenvalue weighted by atomic mass is 16.4. The van der Waals surface area contributed by atoms with Crippen LogP contribution in [-0.2, 0) is 0 Å². The molecule has 5 N–H and O–H groups in total. The number of rotatable bonds is 7. The molecule has 1 atom stereocenters. The van der Waals surface area contributed by atoms with E-state index in [-0.39, 0.29) is 12.3 Å². The number of pyridine rings is 1. The fraction of sp³-hybridized carbons (Fsp3) is 0.368. The van der Waals surface area contributed by atoms with Gasteiger partial charge in [0.05, 0.1) is 24.6 Å². The molecule has 4 rings (SSSR count). The highest BCUT2D eigenvalue weighted by molar-refractivity contribution is 5.92. The third kappa shape index (κ3) is 4.48. The van der Waals surface area contributed by atoms with Gasteiger partial charge < -0.3 is 30.5 Å². The van der Waals surface area contributed by atoms with E-state index in [0.29, 0.717) is 29.3 Å². The number of piperazine rings is 1. The maximum absolute atomic E-state index is 11.1. The smallest absolute Gasteiger partial charge is 0.352 e. The zero-order valence-corrected chi connectivity index (χ0v) is 16.2. The Labute approximate surface area is 172 Å². The Morgan fingerprint density at radius 3 is 2.67 bits per heavy atom. The van der Waals surface area contributed by atoms with E-state index < -0.39 is 12.1 Å². The second kappa shape index (κ2) is 8.61. The SMILES string of the molecule is O=C(O)c1cc2cnc(Nc3ccc(N4CCN(CC(O)CO)CC4)cn3)nc2[nH]1. The molecule has 11 nitrogen and oxygen atoms in total. The van der Waals surface area contributed by atoms with Crippen molar-refractivity contribution >= 4 is 34.5 Å². The second-order valence-corrected chi connectivity index (χ2v) is 7.14. The fourth-order valence-corrected chi connectivity index (χ4v) is 3.40. The number of aromatic carboxylic acids is 1. The lowest BCUT2D eigenvalue weighted by Gasteiger charge is -2.36. The average Bonchev–Trinajstić information content (AvgIpc) is 3.19. The van der Waals surface area contributed by atoms with Crippen molar-refractivity contribution in [1.29, 1.82) is 0 Å². The molecule has 1 unspecified atom stereocenters. The van der Waals surface area contributed by atoms with Crippen molar-refractivity contribution in [3.8, 4) is 0 Å². The van der Waals surface area contributed by atoms with Gasteiger partial charge in [-0.3, -0.25) is 4.90 Å². The minimum absolute atomic E-state index is 0.0601. The number of β-amino-alcohol motifs (C(OH)–C–C–N with tert-alkyl or cyclic N) is 1. The molecule has 1 aliphatic rings. The van der Waals surface area contributed by atoms with Crippen LogP contribution in [0.3, 0.4) is 0 Å². The molecule has 0 aliphatic carbocycles. The normalized spacial score (nSPS) is 16.0. The highest BCUT2D eigenvalue weighted by Gasteiger charge is 2.19. The minimum atomic E-state index is -1.05. The highest BCUT2D eigenvalue weighted by Crippen LogP contribution is 2.20. The monoisotopic (exact) mass is 413 g/mol. The molecule has 3 aromatic heterocycles. The number of carboxylic acids is 1. The zero-order chi connectivity index (χ0) is 21.1. The van der Waals surface area contributed by atoms with Crippen LogP contribution < -0.4 is 10.2 Å². The van der Waals surface area contributed by atoms with Gasteiger partial charge in [0.2, 0.25) is 5.95 Å². The molecular weight excluding hydrogens is 390 g/mol. The van der Waals surface area contributed by atoms with Crippen molar-refractivity contribution < 1.29 is 20.1 Å². The number of nitrogens with one attached hydrogen (secondary N) is 2. The van der Waals surface area contributed by atoms with Crippen molar-refractivity contribution in [2.75, 3.05) is 49.5 Å². The van der Waals surface area contributed by atoms with Crippen LogP contribution in [0.5, 0.6) is 0 Å². The van der Waals surface area contributed by atoms with Gasteiger partial charge in [0.1, 0.15) is 17.2 Å². The summed E-state index contributed by atoms with van der Waals surface area (Å²) in [6, 6.07) is 5.28. The molecule has 0 radical (unpaired) electrons. The Morgan fingerprint density at radius 1 is 1.20 bits per heavy atom. The summed E-state index contributed by atoms with van der Waals surface area (Å²) in [4.78, 5) is 31.0. The fourth-order valence-electron chi connectivity index (χ4n) is 3.40. The number of hydrogen-bond acceptors (Lipinski definition) is 9. The molecule has 4 heterocycles. The van der Waals surface area contributed by atoms with E-state index in [9.17, 15) is 9.90 Å². The van der Waals surface area contributed by atoms with E-state index in [1.165, 1.54) is 6.07 Å². The molecular formula is C19H23N7O4. The topological polar surface area (TPSA) is 151 Å². The van der Waals surface area contributed by atoms with Gasteiger partial charge in [0.25, 0.3) is 0 Å². The van der Waals surface area contributed by atoms with Crippen LogP contribution in [0.4, 0.5) is 17.5 Å². The summed E-state index contributed by atoms with van der Waals surface area (Å²) in [5, 5.41) is 31.2. The predicted molar refractivity (Wildman–Crippen MR) is 110 cm³/mol. The van der Waals surface area contributed by atoms with Gasteiger partial charge in [0, 0.05) is 44.3 Å². The summed E-state index contributed by atoms with van der Waals surface area (Å²) in [6.07, 6.45) is 2.62. The number of aliphatic hydroxyl groups is 2. The van der Waals surface area contributed by atoms with Gasteiger partial charge in [-0.05, 0) is 18.2 Å². The molecule has 0 spiro atoms. The predicted octanol–water partition coefficient (Wildman–Crippen LogP) is 0.270. The number of H-pyrrole nitrogens is 1. The van der Waals surface area contributed by atoms with Gasteiger partial charge >= 0.3 is 5.97 Å². The molecule has 0 saturated carbocycles. The summed E-state index contributed by atoms with van der Waals surface area (Å²) in [6.45, 7) is 3.49. The molecule has 0 amide bonds. The van der Waals surface area contributed by atoms with Crippen LogP contribution in [-0.4, -0.2) is 91.6 Å². The molecule has 0 aromatic carbocycles. The lowest BCUT2D eigenvalue weighted by molar-refractivity contribution is 0.0575. The minimum Gasteiger partial charge on any atom is -0.477 e. The van der Waals surface area contributed by atoms with E-state index in [1.54, 1.807) is 12.4 Å². The van der Waals surface area contributed by atoms with E-state index in [4.69, 9.17) is 10.2 Å². The largest absolute Gasteiger partial charge is 0.477 e. The zero-order valence-electron chi connectivity index (χ0n) is 16.2. The first kappa shape index (κ1) is 20.0. The van der Waals surface area contributed by atoms with Crippen molar-refractivity contribution in [1.82, 2.24) is 24.8 Å². The number of anilines is 3. The quantitative estimate of drug-likeness (QED) is 0.365. The molecule has 1 aliphatic heterocycles. The number of hydrogen-bond donors (Lipinski definition) is 5. The van der Waals surface area contributed by atoms with E-state index >= 15 is 0 Å². The van der Waals surface area contributed by atoms with Crippen LogP contribution in [0.25, 0.3) is 11.0 Å². The Balaban J connectivity index is 1.37. The summed E-state index contributed by atoms with van der Waals surface area (Å²) in [7, 11) is 0. The van der Waals surface area contributed by atoms with Crippen LogP contribution >= 0.6 is 0 Å². The van der Waals surface area contributed by atoms with Crippen LogP contribution in [0, 0.1) is 0 Å². The first-order chi connectivity index (χ1) is 14.5. The number of carbonyl (C=O) groups is 1. The Hall–Kier alpha value is -3.28. The van der Waals surface area contributed by atoms with Crippen LogP contribution in [0.1, 0.15) is 10.5 Å². The van der Waals surface area contributed by atoms with Crippen molar-refractivity contribution in [3.05, 3.63) is 36.3 Å². The number of aromatic amines is 1. The molecule has 1 fully saturated rings. The molecule has 1 saturated heterocycles. The first-order valence-electron chi connectivity index (χ1n) is 9.60. The van der Waals surface area contributed by atoms with Crippen molar-refractivity contribution in [2.45, 2.75) is 6.10 Å². The van der Waals surface area contributed by atoms with Gasteiger partial charge in [-0.1, -0.05) is 0 Å². The third-order valence-electron chi connectivity index (χ3n) is 5.01. The summed E-state index contributed by atoms with van der Waals surface area (Å²) < 4.78 is 0. The van der Waals surface area contributed by atoms with Crippen LogP contribution in [0.15, 0.2) is 30.6 Å². The Kier molecular flexibility index (Phi) is 5.74. The third-order valence-corrected chi connectivity index (χ3v) is 5.01. The maximum atomic E-state index is 11.1. The summed E-state index contributed by atoms with van der Waals surface area (Å²) in [5.74, 6) is -0.157. The average molecular weight is 413 g/mol. The van der Waals surface area contributed by atoms with Gasteiger partial charge in [-0.15, -0.1) is 0 Å². The van der Waals surface area contributed by atoms with Gasteiger partial charge in [0.15, 0.2) is 0 Å². The number of fused-ring (bicyclic) bond motifs is 1. The second-order valence-electron chi connectivity index (χ2n) is 7.14. The first-order valence-corrected chi connectivity index (χ1v) is 9.60. The number of aromatic nitrogens is 4. The number of aliphatic hydroxyl groups excluding tert-OH is 2. The van der Waals surface area contributed by atoms with Gasteiger partial charge in [-0.25, -0.2) is 14.8 Å². The number of carboxylic acid groups (broad SMARTS) is 1. The lowest BCUT2D eigenvalue weighted by Crippen LogP contribution is -2.49. The van der Waals surface area contributed by atoms with E-state index in [2.05, 4.69) is 35.1 Å². The molecule has 11 heteroatoms.